The summed E-state index contributed by atoms with van der Waals surface area (Å²) in [5, 5.41) is 17.9. The molecule has 0 unspecified atom stereocenters. The van der Waals surface area contributed by atoms with Crippen molar-refractivity contribution in [1.82, 2.24) is 0 Å². The van der Waals surface area contributed by atoms with Crippen LogP contribution in [0.5, 0.6) is 0 Å². The molecule has 0 aliphatic rings. The van der Waals surface area contributed by atoms with Gasteiger partial charge in [-0.25, -0.2) is 9.59 Å². The van der Waals surface area contributed by atoms with Gasteiger partial charge in [-0.3, -0.25) is 0 Å². The maximum atomic E-state index is 11.0. The van der Waals surface area contributed by atoms with Crippen molar-refractivity contribution in [2.45, 2.75) is 26.2 Å². The van der Waals surface area contributed by atoms with E-state index in [1.165, 1.54) is 18.2 Å². The molecular weight excluding hydrogens is 232 g/mol. The average Bonchev–Trinajstić information content (AvgIpc) is 2.34. The molecule has 2 N–H and O–H groups in total. The molecule has 18 heavy (non-hydrogen) atoms. The van der Waals surface area contributed by atoms with Crippen LogP contribution < -0.4 is 0 Å². The van der Waals surface area contributed by atoms with Gasteiger partial charge in [-0.15, -0.1) is 5.92 Å². The molecule has 0 heterocycles. The summed E-state index contributed by atoms with van der Waals surface area (Å²) in [5.74, 6) is 3.62. The van der Waals surface area contributed by atoms with E-state index in [1.807, 2.05) is 6.92 Å². The Labute approximate surface area is 105 Å². The summed E-state index contributed by atoms with van der Waals surface area (Å²) in [6.07, 6.45) is 1.94. The summed E-state index contributed by atoms with van der Waals surface area (Å²) in [4.78, 5) is 21.8. The van der Waals surface area contributed by atoms with E-state index in [9.17, 15) is 9.59 Å². The van der Waals surface area contributed by atoms with E-state index in [1.54, 1.807) is 0 Å². The maximum Gasteiger partial charge on any atom is 0.335 e. The molecule has 0 atom stereocenters. The minimum absolute atomic E-state index is 0.0762. The van der Waals surface area contributed by atoms with Gasteiger partial charge in [0.2, 0.25) is 0 Å². The molecule has 0 aliphatic carbocycles. The Bertz CT molecular complexity index is 520. The summed E-state index contributed by atoms with van der Waals surface area (Å²) >= 11 is 0. The molecule has 0 aromatic heterocycles. The quantitative estimate of drug-likeness (QED) is 0.800. The van der Waals surface area contributed by atoms with E-state index in [4.69, 9.17) is 10.2 Å². The minimum Gasteiger partial charge on any atom is -0.478 e. The largest absolute Gasteiger partial charge is 0.478 e. The van der Waals surface area contributed by atoms with Crippen molar-refractivity contribution in [3.63, 3.8) is 0 Å². The first-order valence-corrected chi connectivity index (χ1v) is 5.61. The molecule has 0 bridgehead atoms. The minimum atomic E-state index is -1.07. The highest BCUT2D eigenvalue weighted by molar-refractivity contribution is 5.93. The lowest BCUT2D eigenvalue weighted by molar-refractivity contribution is 0.0680. The van der Waals surface area contributed by atoms with Crippen LogP contribution in [0.3, 0.4) is 0 Å². The van der Waals surface area contributed by atoms with Crippen LogP contribution in [0.4, 0.5) is 0 Å². The Balaban J connectivity index is 3.05. The van der Waals surface area contributed by atoms with Crippen molar-refractivity contribution < 1.29 is 19.8 Å². The Morgan fingerprint density at radius 3 is 2.44 bits per heavy atom. The number of hydrogen-bond acceptors (Lipinski definition) is 2. The fourth-order valence-corrected chi connectivity index (χ4v) is 1.45. The second kappa shape index (κ2) is 6.45. The summed E-state index contributed by atoms with van der Waals surface area (Å²) in [5.41, 5.74) is 0.615. The molecule has 0 amide bonds. The normalized spacial score (nSPS) is 9.39. The van der Waals surface area contributed by atoms with E-state index in [-0.39, 0.29) is 17.5 Å². The number of benzene rings is 1. The molecule has 0 saturated heterocycles. The maximum absolute atomic E-state index is 11.0. The zero-order valence-corrected chi connectivity index (χ0v) is 10.1. The molecule has 4 heteroatoms. The number of carboxylic acids is 2. The van der Waals surface area contributed by atoms with Gasteiger partial charge >= 0.3 is 11.9 Å². The van der Waals surface area contributed by atoms with Crippen molar-refractivity contribution >= 4 is 11.9 Å². The van der Waals surface area contributed by atoms with Crippen LogP contribution in [0.25, 0.3) is 0 Å². The Morgan fingerprint density at radius 1 is 1.17 bits per heavy atom. The lowest BCUT2D eigenvalue weighted by Gasteiger charge is -2.04. The zero-order valence-electron chi connectivity index (χ0n) is 10.1. The van der Waals surface area contributed by atoms with Crippen molar-refractivity contribution in [3.8, 4) is 11.8 Å². The Hall–Kier alpha value is -2.28. The Kier molecular flexibility index (Phi) is 4.94. The summed E-state index contributed by atoms with van der Waals surface area (Å²) in [6.45, 7) is 2.00. The van der Waals surface area contributed by atoms with Crippen LogP contribution in [0.1, 0.15) is 46.0 Å². The first-order chi connectivity index (χ1) is 8.56. The van der Waals surface area contributed by atoms with Gasteiger partial charge in [0.15, 0.2) is 0 Å². The van der Waals surface area contributed by atoms with Gasteiger partial charge in [0, 0.05) is 12.8 Å². The predicted molar refractivity (Wildman–Crippen MR) is 66.7 cm³/mol. The third-order valence-corrected chi connectivity index (χ3v) is 2.36. The predicted octanol–water partition coefficient (Wildman–Crippen LogP) is 2.43. The zero-order chi connectivity index (χ0) is 13.5. The highest BCUT2D eigenvalue weighted by atomic mass is 16.4. The number of unbranched alkanes of at least 4 members (excludes halogenated alkanes) is 1. The lowest BCUT2D eigenvalue weighted by atomic mass is 10.0. The summed E-state index contributed by atoms with van der Waals surface area (Å²) in [7, 11) is 0. The van der Waals surface area contributed by atoms with E-state index in [0.717, 1.165) is 12.8 Å². The number of hydrogen-bond donors (Lipinski definition) is 2. The van der Waals surface area contributed by atoms with Crippen molar-refractivity contribution in [2.24, 2.45) is 0 Å². The van der Waals surface area contributed by atoms with E-state index < -0.39 is 11.9 Å². The molecule has 4 nitrogen and oxygen atoms in total. The standard InChI is InChI=1S/C14H14O4/c1-2-3-4-5-6-10-9-11(13(15)16)7-8-12(10)14(17)18/h7-9H,2-3,6H2,1H3,(H,15,16)(H,17,18). The fraction of sp³-hybridized carbons (Fsp3) is 0.286. The van der Waals surface area contributed by atoms with E-state index in [2.05, 4.69) is 11.8 Å². The molecule has 94 valence electrons. The lowest BCUT2D eigenvalue weighted by Crippen LogP contribution is -2.05. The van der Waals surface area contributed by atoms with Gasteiger partial charge in [0.25, 0.3) is 0 Å². The van der Waals surface area contributed by atoms with Gasteiger partial charge in [0.05, 0.1) is 11.1 Å². The monoisotopic (exact) mass is 246 g/mol. The topological polar surface area (TPSA) is 74.6 Å². The van der Waals surface area contributed by atoms with Crippen molar-refractivity contribution in [3.05, 3.63) is 34.9 Å². The summed E-state index contributed by atoms with van der Waals surface area (Å²) < 4.78 is 0. The van der Waals surface area contributed by atoms with Gasteiger partial charge in [0.1, 0.15) is 0 Å². The van der Waals surface area contributed by atoms with Gasteiger partial charge in [-0.05, 0) is 30.2 Å². The Morgan fingerprint density at radius 2 is 1.89 bits per heavy atom. The second-order valence-electron chi connectivity index (χ2n) is 3.76. The smallest absolute Gasteiger partial charge is 0.335 e. The third kappa shape index (κ3) is 3.63. The van der Waals surface area contributed by atoms with Crippen molar-refractivity contribution in [1.29, 1.82) is 0 Å². The summed E-state index contributed by atoms with van der Waals surface area (Å²) in [6, 6.07) is 3.96. The van der Waals surface area contributed by atoms with Crippen LogP contribution in [-0.4, -0.2) is 22.2 Å². The molecule has 1 aromatic carbocycles. The number of carboxylic acid groups (broad SMARTS) is 2. The first-order valence-electron chi connectivity index (χ1n) is 5.61. The van der Waals surface area contributed by atoms with Crippen LogP contribution in [0.15, 0.2) is 18.2 Å². The van der Waals surface area contributed by atoms with Gasteiger partial charge < -0.3 is 10.2 Å². The molecule has 0 saturated carbocycles. The fourth-order valence-electron chi connectivity index (χ4n) is 1.45. The highest BCUT2D eigenvalue weighted by Crippen LogP contribution is 2.13. The molecular formula is C14H14O4. The van der Waals surface area contributed by atoms with E-state index >= 15 is 0 Å². The number of aromatic carboxylic acids is 2. The van der Waals surface area contributed by atoms with Gasteiger partial charge in [-0.2, -0.15) is 0 Å². The van der Waals surface area contributed by atoms with Crippen LogP contribution in [0, 0.1) is 11.8 Å². The SMILES string of the molecule is CCCC#CCc1cc(C(=O)O)ccc1C(=O)O. The molecule has 0 radical (unpaired) electrons. The first kappa shape index (κ1) is 13.8. The molecule has 0 spiro atoms. The second-order valence-corrected chi connectivity index (χ2v) is 3.76. The number of rotatable bonds is 4. The third-order valence-electron chi connectivity index (χ3n) is 2.36. The van der Waals surface area contributed by atoms with Crippen LogP contribution in [0.2, 0.25) is 0 Å². The molecule has 0 fully saturated rings. The number of carbonyl (C=O) groups is 2. The van der Waals surface area contributed by atoms with Crippen LogP contribution >= 0.6 is 0 Å². The van der Waals surface area contributed by atoms with Crippen molar-refractivity contribution in [2.75, 3.05) is 0 Å². The van der Waals surface area contributed by atoms with Gasteiger partial charge in [-0.1, -0.05) is 12.8 Å². The molecule has 0 aliphatic heterocycles. The molecule has 1 aromatic rings. The average molecular weight is 246 g/mol. The molecule has 1 rings (SSSR count). The van der Waals surface area contributed by atoms with Crippen LogP contribution in [-0.2, 0) is 6.42 Å². The van der Waals surface area contributed by atoms with E-state index in [0.29, 0.717) is 5.56 Å². The highest BCUT2D eigenvalue weighted by Gasteiger charge is 2.12.